The second-order valence-corrected chi connectivity index (χ2v) is 3.45. The molecule has 0 bridgehead atoms. The van der Waals surface area contributed by atoms with Gasteiger partial charge in [0.25, 0.3) is 0 Å². The average Bonchev–Trinajstić information content (AvgIpc) is 2.49. The zero-order valence-electron chi connectivity index (χ0n) is 7.86. The normalized spacial score (nSPS) is 35.0. The van der Waals surface area contributed by atoms with E-state index in [4.69, 9.17) is 9.57 Å². The van der Waals surface area contributed by atoms with Gasteiger partial charge in [-0.25, -0.2) is 0 Å². The number of rotatable bonds is 2. The van der Waals surface area contributed by atoms with Crippen molar-refractivity contribution in [3.63, 3.8) is 0 Å². The molecule has 4 heteroatoms. The van der Waals surface area contributed by atoms with Gasteiger partial charge in [0.05, 0.1) is 6.04 Å². The molecule has 0 spiro atoms. The van der Waals surface area contributed by atoms with Crippen molar-refractivity contribution in [3.05, 3.63) is 0 Å². The summed E-state index contributed by atoms with van der Waals surface area (Å²) in [6.07, 6.45) is 2.11. The van der Waals surface area contributed by atoms with Gasteiger partial charge in [-0.15, -0.1) is 0 Å². The van der Waals surface area contributed by atoms with Gasteiger partial charge in [0.15, 0.2) is 12.1 Å². The first-order chi connectivity index (χ1) is 6.31. The maximum atomic E-state index is 11.4. The molecule has 0 aliphatic carbocycles. The van der Waals surface area contributed by atoms with Gasteiger partial charge in [-0.05, 0) is 13.3 Å². The minimum absolute atomic E-state index is 0.0368. The maximum absolute atomic E-state index is 11.4. The fraction of sp³-hybridized carbons (Fsp3) is 0.889. The second kappa shape index (κ2) is 3.74. The molecule has 2 aliphatic heterocycles. The number of hydroxylamine groups is 2. The number of ether oxygens (including phenoxy) is 1. The summed E-state index contributed by atoms with van der Waals surface area (Å²) in [6, 6.07) is -0.0368. The molecule has 2 saturated heterocycles. The number of piperidine rings is 1. The van der Waals surface area contributed by atoms with Gasteiger partial charge in [0.2, 0.25) is 0 Å². The first-order valence-corrected chi connectivity index (χ1v) is 4.89. The lowest BCUT2D eigenvalue weighted by Gasteiger charge is -2.25. The third-order valence-corrected chi connectivity index (χ3v) is 2.54. The molecular weight excluding hydrogens is 170 g/mol. The average molecular weight is 185 g/mol. The number of fused-ring (bicyclic) bond motifs is 1. The Labute approximate surface area is 77.7 Å². The van der Waals surface area contributed by atoms with Gasteiger partial charge in [0, 0.05) is 26.0 Å². The Bertz CT molecular complexity index is 207. The van der Waals surface area contributed by atoms with Gasteiger partial charge < -0.3 is 4.74 Å². The fourth-order valence-corrected chi connectivity index (χ4v) is 1.93. The molecule has 0 unspecified atom stereocenters. The molecule has 0 aromatic rings. The summed E-state index contributed by atoms with van der Waals surface area (Å²) < 4.78 is 5.33. The highest BCUT2D eigenvalue weighted by Crippen LogP contribution is 2.27. The predicted molar refractivity (Wildman–Crippen MR) is 45.9 cm³/mol. The summed E-state index contributed by atoms with van der Waals surface area (Å²) in [5.74, 6) is 0.299. The highest BCUT2D eigenvalue weighted by Gasteiger charge is 2.40. The van der Waals surface area contributed by atoms with Gasteiger partial charge in [-0.1, -0.05) is 0 Å². The molecule has 2 aliphatic rings. The number of ketones is 1. The van der Waals surface area contributed by atoms with Crippen LogP contribution in [-0.2, 0) is 14.4 Å². The molecule has 2 atom stereocenters. The van der Waals surface area contributed by atoms with Crippen molar-refractivity contribution in [2.45, 2.75) is 38.5 Å². The van der Waals surface area contributed by atoms with Gasteiger partial charge >= 0.3 is 0 Å². The van der Waals surface area contributed by atoms with E-state index in [1.165, 1.54) is 0 Å². The van der Waals surface area contributed by atoms with Crippen LogP contribution in [0.2, 0.25) is 0 Å². The standard InChI is InChI=1S/C9H15NO3/c1-2-12-9-6-7-8(11)4-3-5-10(7)13-9/h7,9H,2-6H2,1H3/t7-,9-/m0/s1. The molecule has 0 aromatic heterocycles. The summed E-state index contributed by atoms with van der Waals surface area (Å²) in [4.78, 5) is 16.9. The van der Waals surface area contributed by atoms with Crippen molar-refractivity contribution in [1.29, 1.82) is 0 Å². The Kier molecular flexibility index (Phi) is 2.62. The van der Waals surface area contributed by atoms with Crippen LogP contribution < -0.4 is 0 Å². The first-order valence-electron chi connectivity index (χ1n) is 4.89. The largest absolute Gasteiger partial charge is 0.351 e. The summed E-state index contributed by atoms with van der Waals surface area (Å²) >= 11 is 0. The number of Topliss-reactive ketones (excluding diaryl/α,β-unsaturated/α-hetero) is 1. The number of nitrogens with zero attached hydrogens (tertiary/aromatic N) is 1. The van der Waals surface area contributed by atoms with Crippen LogP contribution in [0.3, 0.4) is 0 Å². The van der Waals surface area contributed by atoms with Gasteiger partial charge in [-0.3, -0.25) is 9.63 Å². The number of hydrogen-bond donors (Lipinski definition) is 0. The number of carbonyl (C=O) groups excluding carboxylic acids is 1. The highest BCUT2D eigenvalue weighted by atomic mass is 16.8. The Hall–Kier alpha value is -0.450. The van der Waals surface area contributed by atoms with Crippen molar-refractivity contribution >= 4 is 5.78 Å². The number of carbonyl (C=O) groups is 1. The third-order valence-electron chi connectivity index (χ3n) is 2.54. The summed E-state index contributed by atoms with van der Waals surface area (Å²) in [5, 5.41) is 1.78. The quantitative estimate of drug-likeness (QED) is 0.635. The van der Waals surface area contributed by atoms with Crippen LogP contribution in [0.1, 0.15) is 26.2 Å². The van der Waals surface area contributed by atoms with Crippen LogP contribution in [0.4, 0.5) is 0 Å². The minimum Gasteiger partial charge on any atom is -0.351 e. The van der Waals surface area contributed by atoms with Crippen molar-refractivity contribution in [2.24, 2.45) is 0 Å². The number of hydrogen-bond acceptors (Lipinski definition) is 4. The zero-order valence-corrected chi connectivity index (χ0v) is 7.86. The summed E-state index contributed by atoms with van der Waals surface area (Å²) in [5.41, 5.74) is 0. The maximum Gasteiger partial charge on any atom is 0.179 e. The Morgan fingerprint density at radius 2 is 2.54 bits per heavy atom. The fourth-order valence-electron chi connectivity index (χ4n) is 1.93. The molecule has 2 heterocycles. The van der Waals surface area contributed by atoms with Crippen molar-refractivity contribution in [3.8, 4) is 0 Å². The van der Waals surface area contributed by atoms with E-state index in [0.29, 0.717) is 25.2 Å². The van der Waals surface area contributed by atoms with E-state index >= 15 is 0 Å². The molecule has 0 aromatic carbocycles. The van der Waals surface area contributed by atoms with E-state index in [0.717, 1.165) is 13.0 Å². The Morgan fingerprint density at radius 3 is 3.23 bits per heavy atom. The van der Waals surface area contributed by atoms with Crippen LogP contribution in [-0.4, -0.2) is 36.3 Å². The molecule has 13 heavy (non-hydrogen) atoms. The van der Waals surface area contributed by atoms with Crippen LogP contribution in [0, 0.1) is 0 Å². The van der Waals surface area contributed by atoms with Gasteiger partial charge in [0.1, 0.15) is 0 Å². The lowest BCUT2D eigenvalue weighted by molar-refractivity contribution is -0.240. The van der Waals surface area contributed by atoms with Crippen molar-refractivity contribution < 1.29 is 14.4 Å². The first kappa shape index (κ1) is 9.12. The van der Waals surface area contributed by atoms with E-state index in [2.05, 4.69) is 0 Å². The van der Waals surface area contributed by atoms with E-state index in [9.17, 15) is 4.79 Å². The molecule has 0 radical (unpaired) electrons. The van der Waals surface area contributed by atoms with E-state index in [1.54, 1.807) is 5.06 Å². The predicted octanol–water partition coefficient (Wildman–Crippen LogP) is 0.718. The molecule has 74 valence electrons. The van der Waals surface area contributed by atoms with Crippen LogP contribution in [0.5, 0.6) is 0 Å². The molecule has 0 N–H and O–H groups in total. The van der Waals surface area contributed by atoms with Crippen LogP contribution >= 0.6 is 0 Å². The van der Waals surface area contributed by atoms with E-state index < -0.39 is 0 Å². The molecule has 0 saturated carbocycles. The topological polar surface area (TPSA) is 38.8 Å². The molecule has 2 rings (SSSR count). The van der Waals surface area contributed by atoms with E-state index in [1.807, 2.05) is 6.92 Å². The lowest BCUT2D eigenvalue weighted by atomic mass is 10.0. The SMILES string of the molecule is CCO[C@@H]1C[C@H]2C(=O)CCCN2O1. The molecule has 2 fully saturated rings. The van der Waals surface area contributed by atoms with Crippen LogP contribution in [0.25, 0.3) is 0 Å². The molecule has 0 amide bonds. The van der Waals surface area contributed by atoms with Crippen molar-refractivity contribution in [2.75, 3.05) is 13.2 Å². The Balaban J connectivity index is 1.96. The Morgan fingerprint density at radius 1 is 1.69 bits per heavy atom. The highest BCUT2D eigenvalue weighted by molar-refractivity contribution is 5.84. The second-order valence-electron chi connectivity index (χ2n) is 3.45. The summed E-state index contributed by atoms with van der Waals surface area (Å²) in [7, 11) is 0. The monoisotopic (exact) mass is 185 g/mol. The molecular formula is C9H15NO3. The minimum atomic E-state index is -0.197. The lowest BCUT2D eigenvalue weighted by Crippen LogP contribution is -2.40. The van der Waals surface area contributed by atoms with Gasteiger partial charge in [-0.2, -0.15) is 5.06 Å². The van der Waals surface area contributed by atoms with Crippen LogP contribution in [0.15, 0.2) is 0 Å². The van der Waals surface area contributed by atoms with E-state index in [-0.39, 0.29) is 12.3 Å². The third kappa shape index (κ3) is 1.75. The zero-order chi connectivity index (χ0) is 9.26. The smallest absolute Gasteiger partial charge is 0.179 e. The molecule has 4 nitrogen and oxygen atoms in total. The summed E-state index contributed by atoms with van der Waals surface area (Å²) in [6.45, 7) is 3.43. The van der Waals surface area contributed by atoms with Crippen molar-refractivity contribution in [1.82, 2.24) is 5.06 Å².